The van der Waals surface area contributed by atoms with E-state index < -0.39 is 6.04 Å². The van der Waals surface area contributed by atoms with Crippen molar-refractivity contribution < 1.29 is 9.90 Å². The van der Waals surface area contributed by atoms with E-state index in [2.05, 4.69) is 6.92 Å². The van der Waals surface area contributed by atoms with Crippen LogP contribution in [0.1, 0.15) is 25.3 Å². The quantitative estimate of drug-likeness (QED) is 0.846. The Bertz CT molecular complexity index is 416. The van der Waals surface area contributed by atoms with Gasteiger partial charge in [0.1, 0.15) is 5.75 Å². The largest absolute Gasteiger partial charge is 0.508 e. The Hall–Kier alpha value is -1.55. The molecule has 1 fully saturated rings. The number of nitrogens with two attached hydrogens (primary N) is 1. The van der Waals surface area contributed by atoms with E-state index in [1.54, 1.807) is 24.3 Å². The second-order valence-corrected chi connectivity index (χ2v) is 5.00. The van der Waals surface area contributed by atoms with Crippen molar-refractivity contribution in [2.75, 3.05) is 6.54 Å². The average molecular weight is 248 g/mol. The van der Waals surface area contributed by atoms with Gasteiger partial charge in [-0.1, -0.05) is 12.1 Å². The van der Waals surface area contributed by atoms with Crippen LogP contribution in [0.15, 0.2) is 24.3 Å². The van der Waals surface area contributed by atoms with E-state index in [1.807, 2.05) is 4.90 Å². The molecule has 1 unspecified atom stereocenters. The maximum absolute atomic E-state index is 12.2. The minimum Gasteiger partial charge on any atom is -0.508 e. The van der Waals surface area contributed by atoms with Gasteiger partial charge in [-0.2, -0.15) is 0 Å². The fourth-order valence-electron chi connectivity index (χ4n) is 2.45. The minimum atomic E-state index is -0.491. The van der Waals surface area contributed by atoms with E-state index >= 15 is 0 Å². The number of phenols is 1. The third kappa shape index (κ3) is 2.82. The third-order valence-electron chi connectivity index (χ3n) is 3.55. The summed E-state index contributed by atoms with van der Waals surface area (Å²) in [6, 6.07) is 6.65. The molecule has 1 aliphatic rings. The molecule has 1 heterocycles. The molecule has 1 amide bonds. The first-order chi connectivity index (χ1) is 8.58. The van der Waals surface area contributed by atoms with Crippen LogP contribution in [-0.4, -0.2) is 34.5 Å². The standard InChI is InChI=1S/C14H20N2O2/c1-10-3-2-8-16(10)14(18)13(15)9-11-4-6-12(17)7-5-11/h4-7,10,13,17H,2-3,8-9,15H2,1H3/t10?,13-/m1/s1. The molecule has 1 aliphatic heterocycles. The number of carbonyl (C=O) groups excluding carboxylic acids is 1. The van der Waals surface area contributed by atoms with Gasteiger partial charge in [0.05, 0.1) is 6.04 Å². The summed E-state index contributed by atoms with van der Waals surface area (Å²) in [5.74, 6) is 0.264. The first-order valence-corrected chi connectivity index (χ1v) is 6.42. The van der Waals surface area contributed by atoms with Crippen LogP contribution < -0.4 is 5.73 Å². The fourth-order valence-corrected chi connectivity index (χ4v) is 2.45. The molecule has 0 aliphatic carbocycles. The molecule has 0 aromatic heterocycles. The van der Waals surface area contributed by atoms with Gasteiger partial charge in [-0.25, -0.2) is 0 Å². The lowest BCUT2D eigenvalue weighted by molar-refractivity contribution is -0.133. The average Bonchev–Trinajstić information content (AvgIpc) is 2.77. The van der Waals surface area contributed by atoms with Crippen molar-refractivity contribution >= 4 is 5.91 Å². The van der Waals surface area contributed by atoms with E-state index in [-0.39, 0.29) is 11.7 Å². The summed E-state index contributed by atoms with van der Waals surface area (Å²) in [6.07, 6.45) is 2.65. The molecule has 98 valence electrons. The molecule has 2 rings (SSSR count). The lowest BCUT2D eigenvalue weighted by Gasteiger charge is -2.25. The summed E-state index contributed by atoms with van der Waals surface area (Å²) in [5, 5.41) is 9.20. The van der Waals surface area contributed by atoms with Crippen LogP contribution in [0, 0.1) is 0 Å². The van der Waals surface area contributed by atoms with Crippen LogP contribution >= 0.6 is 0 Å². The van der Waals surface area contributed by atoms with Crippen LogP contribution in [0.2, 0.25) is 0 Å². The lowest BCUT2D eigenvalue weighted by atomic mass is 10.1. The number of phenolic OH excluding ortho intramolecular Hbond substituents is 1. The number of nitrogens with zero attached hydrogens (tertiary/aromatic N) is 1. The molecule has 3 N–H and O–H groups in total. The predicted octanol–water partition coefficient (Wildman–Crippen LogP) is 1.27. The van der Waals surface area contributed by atoms with Gasteiger partial charge in [0.2, 0.25) is 5.91 Å². The molecule has 0 spiro atoms. The highest BCUT2D eigenvalue weighted by atomic mass is 16.3. The van der Waals surface area contributed by atoms with Crippen molar-refractivity contribution in [2.45, 2.75) is 38.3 Å². The maximum atomic E-state index is 12.2. The van der Waals surface area contributed by atoms with E-state index in [4.69, 9.17) is 5.73 Å². The van der Waals surface area contributed by atoms with E-state index in [0.29, 0.717) is 12.5 Å². The van der Waals surface area contributed by atoms with Crippen molar-refractivity contribution in [3.8, 4) is 5.75 Å². The lowest BCUT2D eigenvalue weighted by Crippen LogP contribution is -2.46. The number of aromatic hydroxyl groups is 1. The maximum Gasteiger partial charge on any atom is 0.240 e. The van der Waals surface area contributed by atoms with Gasteiger partial charge in [-0.3, -0.25) is 4.79 Å². The zero-order valence-corrected chi connectivity index (χ0v) is 10.7. The van der Waals surface area contributed by atoms with E-state index in [0.717, 1.165) is 24.9 Å². The third-order valence-corrected chi connectivity index (χ3v) is 3.55. The molecule has 0 saturated carbocycles. The molecule has 0 bridgehead atoms. The molecule has 4 heteroatoms. The van der Waals surface area contributed by atoms with Crippen LogP contribution in [-0.2, 0) is 11.2 Å². The van der Waals surface area contributed by atoms with Gasteiger partial charge in [0.25, 0.3) is 0 Å². The summed E-state index contributed by atoms with van der Waals surface area (Å²) >= 11 is 0. The summed E-state index contributed by atoms with van der Waals surface area (Å²) in [7, 11) is 0. The highest BCUT2D eigenvalue weighted by Crippen LogP contribution is 2.18. The number of likely N-dealkylation sites (tertiary alicyclic amines) is 1. The monoisotopic (exact) mass is 248 g/mol. The minimum absolute atomic E-state index is 0.0353. The Morgan fingerprint density at radius 3 is 2.72 bits per heavy atom. The van der Waals surface area contributed by atoms with Crippen LogP contribution in [0.4, 0.5) is 0 Å². The van der Waals surface area contributed by atoms with Crippen molar-refractivity contribution in [3.05, 3.63) is 29.8 Å². The first-order valence-electron chi connectivity index (χ1n) is 6.42. The highest BCUT2D eigenvalue weighted by Gasteiger charge is 2.28. The predicted molar refractivity (Wildman–Crippen MR) is 70.2 cm³/mol. The van der Waals surface area contributed by atoms with Gasteiger partial charge >= 0.3 is 0 Å². The smallest absolute Gasteiger partial charge is 0.240 e. The summed E-state index contributed by atoms with van der Waals surface area (Å²) in [4.78, 5) is 14.1. The summed E-state index contributed by atoms with van der Waals surface area (Å²) in [5.41, 5.74) is 6.95. The van der Waals surface area contributed by atoms with Crippen LogP contribution in [0.25, 0.3) is 0 Å². The number of hydrogen-bond donors (Lipinski definition) is 2. The second-order valence-electron chi connectivity index (χ2n) is 5.00. The van der Waals surface area contributed by atoms with E-state index in [1.165, 1.54) is 0 Å². The van der Waals surface area contributed by atoms with Gasteiger partial charge < -0.3 is 15.7 Å². The molecule has 4 nitrogen and oxygen atoms in total. The zero-order chi connectivity index (χ0) is 13.1. The SMILES string of the molecule is CC1CCCN1C(=O)[C@H](N)Cc1ccc(O)cc1. The Morgan fingerprint density at radius 1 is 1.50 bits per heavy atom. The molecular weight excluding hydrogens is 228 g/mol. The number of amides is 1. The molecule has 18 heavy (non-hydrogen) atoms. The van der Waals surface area contributed by atoms with Crippen molar-refractivity contribution in [1.29, 1.82) is 0 Å². The second kappa shape index (κ2) is 5.40. The Balaban J connectivity index is 1.97. The number of rotatable bonds is 3. The Morgan fingerprint density at radius 2 is 2.17 bits per heavy atom. The number of hydrogen-bond acceptors (Lipinski definition) is 3. The summed E-state index contributed by atoms with van der Waals surface area (Å²) in [6.45, 7) is 2.89. The van der Waals surface area contributed by atoms with Gasteiger partial charge in [0.15, 0.2) is 0 Å². The molecule has 2 atom stereocenters. The number of benzene rings is 1. The van der Waals surface area contributed by atoms with Gasteiger partial charge in [-0.05, 0) is 43.9 Å². The summed E-state index contributed by atoms with van der Waals surface area (Å²) < 4.78 is 0. The number of carbonyl (C=O) groups is 1. The zero-order valence-electron chi connectivity index (χ0n) is 10.7. The van der Waals surface area contributed by atoms with Crippen molar-refractivity contribution in [1.82, 2.24) is 4.90 Å². The molecule has 1 saturated heterocycles. The van der Waals surface area contributed by atoms with Gasteiger partial charge in [-0.15, -0.1) is 0 Å². The normalized spacial score (nSPS) is 21.0. The van der Waals surface area contributed by atoms with Gasteiger partial charge in [0, 0.05) is 12.6 Å². The first kappa shape index (κ1) is 12.9. The van der Waals surface area contributed by atoms with Crippen molar-refractivity contribution in [3.63, 3.8) is 0 Å². The Kier molecular flexibility index (Phi) is 3.87. The van der Waals surface area contributed by atoms with Crippen LogP contribution in [0.5, 0.6) is 5.75 Å². The van der Waals surface area contributed by atoms with Crippen molar-refractivity contribution in [2.24, 2.45) is 5.73 Å². The highest BCUT2D eigenvalue weighted by molar-refractivity contribution is 5.82. The van der Waals surface area contributed by atoms with E-state index in [9.17, 15) is 9.90 Å². The fraction of sp³-hybridized carbons (Fsp3) is 0.500. The molecular formula is C14H20N2O2. The molecule has 1 aromatic rings. The molecule has 1 aromatic carbocycles. The topological polar surface area (TPSA) is 66.6 Å². The van der Waals surface area contributed by atoms with Crippen LogP contribution in [0.3, 0.4) is 0 Å². The Labute approximate surface area is 107 Å². The molecule has 0 radical (unpaired) electrons.